The van der Waals surface area contributed by atoms with Crippen LogP contribution < -0.4 is 4.72 Å². The molecular formula is C22H21N3O2S. The van der Waals surface area contributed by atoms with E-state index in [9.17, 15) is 8.42 Å². The Bertz CT molecular complexity index is 1290. The van der Waals surface area contributed by atoms with E-state index in [0.717, 1.165) is 22.3 Å². The number of aryl methyl sites for hydroxylation is 3. The van der Waals surface area contributed by atoms with E-state index < -0.39 is 10.0 Å². The van der Waals surface area contributed by atoms with Gasteiger partial charge in [-0.05, 0) is 50.1 Å². The first-order valence-corrected chi connectivity index (χ1v) is 10.5. The predicted octanol–water partition coefficient (Wildman–Crippen LogP) is 4.73. The van der Waals surface area contributed by atoms with Gasteiger partial charge in [0.15, 0.2) is 0 Å². The van der Waals surface area contributed by atoms with Crippen LogP contribution in [0.1, 0.15) is 16.7 Å². The summed E-state index contributed by atoms with van der Waals surface area (Å²) in [6.45, 7) is 5.75. The summed E-state index contributed by atoms with van der Waals surface area (Å²) in [7, 11) is -3.71. The molecule has 4 rings (SSSR count). The number of anilines is 1. The monoisotopic (exact) mass is 391 g/mol. The van der Waals surface area contributed by atoms with Gasteiger partial charge in [0.1, 0.15) is 5.65 Å². The van der Waals surface area contributed by atoms with Crippen LogP contribution in [0.15, 0.2) is 71.9 Å². The van der Waals surface area contributed by atoms with Gasteiger partial charge in [-0.2, -0.15) is 0 Å². The Balaban J connectivity index is 1.78. The molecule has 5 nitrogen and oxygen atoms in total. The molecule has 0 aliphatic carbocycles. The van der Waals surface area contributed by atoms with Gasteiger partial charge >= 0.3 is 0 Å². The summed E-state index contributed by atoms with van der Waals surface area (Å²) in [4.78, 5) is 4.98. The zero-order chi connectivity index (χ0) is 19.9. The third-order valence-corrected chi connectivity index (χ3v) is 6.27. The average Bonchev–Trinajstić information content (AvgIpc) is 3.07. The van der Waals surface area contributed by atoms with E-state index >= 15 is 0 Å². The number of aromatic nitrogens is 2. The summed E-state index contributed by atoms with van der Waals surface area (Å²) in [6.07, 6.45) is 3.84. The standard InChI is InChI=1S/C22H21N3O2S/c1-15-10-11-21(17(3)13-15)28(26,27)24-19-9-5-4-8-18(19)20-14-25-12-6-7-16(2)22(25)23-20/h4-14,24H,1-3H3. The third kappa shape index (κ3) is 3.27. The van der Waals surface area contributed by atoms with Crippen LogP contribution in [0.4, 0.5) is 5.69 Å². The molecule has 2 heterocycles. The van der Waals surface area contributed by atoms with Crippen LogP contribution in [0.5, 0.6) is 0 Å². The van der Waals surface area contributed by atoms with Crippen LogP contribution in [0, 0.1) is 20.8 Å². The molecule has 0 saturated carbocycles. The molecule has 142 valence electrons. The van der Waals surface area contributed by atoms with Crippen molar-refractivity contribution in [1.82, 2.24) is 9.38 Å². The molecule has 0 amide bonds. The minimum Gasteiger partial charge on any atom is -0.306 e. The van der Waals surface area contributed by atoms with Gasteiger partial charge in [0.25, 0.3) is 10.0 Å². The molecule has 0 unspecified atom stereocenters. The molecule has 0 spiro atoms. The minimum absolute atomic E-state index is 0.277. The van der Waals surface area contributed by atoms with E-state index in [4.69, 9.17) is 4.98 Å². The second-order valence-electron chi connectivity index (χ2n) is 6.97. The van der Waals surface area contributed by atoms with E-state index in [1.165, 1.54) is 0 Å². The molecule has 0 aliphatic rings. The Morgan fingerprint density at radius 3 is 2.46 bits per heavy atom. The van der Waals surface area contributed by atoms with Gasteiger partial charge in [-0.3, -0.25) is 4.72 Å². The number of nitrogens with zero attached hydrogens (tertiary/aromatic N) is 2. The first-order valence-electron chi connectivity index (χ1n) is 8.99. The van der Waals surface area contributed by atoms with E-state index in [1.54, 1.807) is 25.1 Å². The zero-order valence-corrected chi connectivity index (χ0v) is 16.8. The molecule has 4 aromatic rings. The van der Waals surface area contributed by atoms with Crippen LogP contribution in [0.25, 0.3) is 16.9 Å². The smallest absolute Gasteiger partial charge is 0.262 e. The summed E-state index contributed by atoms with van der Waals surface area (Å²) in [5.41, 5.74) is 5.60. The molecule has 2 aromatic heterocycles. The predicted molar refractivity (Wildman–Crippen MR) is 112 cm³/mol. The molecule has 0 bridgehead atoms. The number of nitrogens with one attached hydrogen (secondary N) is 1. The summed E-state index contributed by atoms with van der Waals surface area (Å²) in [6, 6.07) is 16.6. The topological polar surface area (TPSA) is 63.5 Å². The molecular weight excluding hydrogens is 370 g/mol. The highest BCUT2D eigenvalue weighted by Gasteiger charge is 2.19. The highest BCUT2D eigenvalue weighted by Crippen LogP contribution is 2.30. The fourth-order valence-corrected chi connectivity index (χ4v) is 4.69. The third-order valence-electron chi connectivity index (χ3n) is 4.75. The number of para-hydroxylation sites is 1. The molecule has 2 aromatic carbocycles. The van der Waals surface area contributed by atoms with Crippen molar-refractivity contribution in [3.63, 3.8) is 0 Å². The van der Waals surface area contributed by atoms with Crippen molar-refractivity contribution in [1.29, 1.82) is 0 Å². The Kier molecular flexibility index (Phi) is 4.43. The Labute approximate surface area is 164 Å². The summed E-state index contributed by atoms with van der Waals surface area (Å²) in [5, 5.41) is 0. The Morgan fingerprint density at radius 2 is 1.71 bits per heavy atom. The number of hydrogen-bond acceptors (Lipinski definition) is 3. The maximum atomic E-state index is 13.0. The lowest BCUT2D eigenvalue weighted by atomic mass is 10.1. The molecule has 0 fully saturated rings. The van der Waals surface area contributed by atoms with Crippen molar-refractivity contribution < 1.29 is 8.42 Å². The van der Waals surface area contributed by atoms with Gasteiger partial charge < -0.3 is 4.40 Å². The van der Waals surface area contributed by atoms with E-state index in [1.807, 2.05) is 67.0 Å². The number of fused-ring (bicyclic) bond motifs is 1. The van der Waals surface area contributed by atoms with Gasteiger partial charge in [0.2, 0.25) is 0 Å². The lowest BCUT2D eigenvalue weighted by Crippen LogP contribution is -2.15. The molecule has 0 radical (unpaired) electrons. The number of hydrogen-bond donors (Lipinski definition) is 1. The van der Waals surface area contributed by atoms with Crippen LogP contribution in [-0.2, 0) is 10.0 Å². The average molecular weight is 391 g/mol. The van der Waals surface area contributed by atoms with Gasteiger partial charge in [0, 0.05) is 18.0 Å². The van der Waals surface area contributed by atoms with Crippen molar-refractivity contribution in [2.45, 2.75) is 25.7 Å². The summed E-state index contributed by atoms with van der Waals surface area (Å²) < 4.78 is 30.7. The Morgan fingerprint density at radius 1 is 0.929 bits per heavy atom. The summed E-state index contributed by atoms with van der Waals surface area (Å²) >= 11 is 0. The number of benzene rings is 2. The highest BCUT2D eigenvalue weighted by atomic mass is 32.2. The van der Waals surface area contributed by atoms with Gasteiger partial charge in [-0.15, -0.1) is 0 Å². The fraction of sp³-hybridized carbons (Fsp3) is 0.136. The SMILES string of the molecule is Cc1ccc(S(=O)(=O)Nc2ccccc2-c2cn3cccc(C)c3n2)c(C)c1. The molecule has 0 saturated heterocycles. The lowest BCUT2D eigenvalue weighted by molar-refractivity contribution is 0.600. The van der Waals surface area contributed by atoms with Crippen molar-refractivity contribution in [2.75, 3.05) is 4.72 Å². The first kappa shape index (κ1) is 18.3. The van der Waals surface area contributed by atoms with E-state index in [-0.39, 0.29) is 4.90 Å². The fourth-order valence-electron chi connectivity index (χ4n) is 3.38. The number of sulfonamides is 1. The van der Waals surface area contributed by atoms with Gasteiger partial charge in [0.05, 0.1) is 16.3 Å². The second kappa shape index (κ2) is 6.80. The van der Waals surface area contributed by atoms with Crippen molar-refractivity contribution in [3.8, 4) is 11.3 Å². The van der Waals surface area contributed by atoms with Gasteiger partial charge in [-0.1, -0.05) is 42.0 Å². The molecule has 28 heavy (non-hydrogen) atoms. The molecule has 0 aliphatic heterocycles. The second-order valence-corrected chi connectivity index (χ2v) is 8.62. The largest absolute Gasteiger partial charge is 0.306 e. The van der Waals surface area contributed by atoms with E-state index in [0.29, 0.717) is 16.9 Å². The van der Waals surface area contributed by atoms with Crippen molar-refractivity contribution in [3.05, 3.63) is 83.7 Å². The van der Waals surface area contributed by atoms with E-state index in [2.05, 4.69) is 4.72 Å². The minimum atomic E-state index is -3.71. The van der Waals surface area contributed by atoms with Crippen LogP contribution in [-0.4, -0.2) is 17.8 Å². The first-order chi connectivity index (χ1) is 13.3. The van der Waals surface area contributed by atoms with Crippen molar-refractivity contribution in [2.24, 2.45) is 0 Å². The zero-order valence-electron chi connectivity index (χ0n) is 16.0. The lowest BCUT2D eigenvalue weighted by Gasteiger charge is -2.13. The number of pyridine rings is 1. The van der Waals surface area contributed by atoms with Crippen LogP contribution in [0.3, 0.4) is 0 Å². The highest BCUT2D eigenvalue weighted by molar-refractivity contribution is 7.92. The quantitative estimate of drug-likeness (QED) is 0.547. The number of rotatable bonds is 4. The van der Waals surface area contributed by atoms with Crippen LogP contribution >= 0.6 is 0 Å². The number of imidazole rings is 1. The van der Waals surface area contributed by atoms with Crippen LogP contribution in [0.2, 0.25) is 0 Å². The maximum absolute atomic E-state index is 13.0. The summed E-state index contributed by atoms with van der Waals surface area (Å²) in [5.74, 6) is 0. The molecule has 6 heteroatoms. The van der Waals surface area contributed by atoms with Gasteiger partial charge in [-0.25, -0.2) is 13.4 Å². The molecule has 1 N–H and O–H groups in total. The van der Waals surface area contributed by atoms with Crippen molar-refractivity contribution >= 4 is 21.4 Å². The maximum Gasteiger partial charge on any atom is 0.262 e. The molecule has 0 atom stereocenters. The Hall–Kier alpha value is -3.12. The normalized spacial score (nSPS) is 11.7.